The molecule has 2 aliphatic carbocycles. The maximum Gasteiger partial charge on any atom is 0.240 e. The summed E-state index contributed by atoms with van der Waals surface area (Å²) in [6.07, 6.45) is 9.06. The van der Waals surface area contributed by atoms with Gasteiger partial charge < -0.3 is 15.5 Å². The van der Waals surface area contributed by atoms with Gasteiger partial charge in [0.1, 0.15) is 23.9 Å². The first-order chi connectivity index (χ1) is 17.9. The highest BCUT2D eigenvalue weighted by Crippen LogP contribution is 2.31. The van der Waals surface area contributed by atoms with E-state index in [1.807, 2.05) is 12.1 Å². The lowest BCUT2D eigenvalue weighted by atomic mass is 9.90. The average Bonchev–Trinajstić information content (AvgIpc) is 2.88. The second-order valence-corrected chi connectivity index (χ2v) is 11.2. The molecule has 37 heavy (non-hydrogen) atoms. The zero-order valence-corrected chi connectivity index (χ0v) is 21.8. The molecule has 2 N–H and O–H groups in total. The molecule has 1 fully saturated rings. The summed E-state index contributed by atoms with van der Waals surface area (Å²) in [7, 11) is -1.78. The molecule has 1 saturated carbocycles. The molecule has 2 aromatic rings. The maximum absolute atomic E-state index is 13.4. The highest BCUT2D eigenvalue weighted by molar-refractivity contribution is 7.86. The normalized spacial score (nSPS) is 16.4. The third-order valence-electron chi connectivity index (χ3n) is 6.94. The molecule has 0 aliphatic heterocycles. The van der Waals surface area contributed by atoms with Gasteiger partial charge in [0.15, 0.2) is 0 Å². The van der Waals surface area contributed by atoms with E-state index in [2.05, 4.69) is 16.7 Å². The molecule has 0 saturated heterocycles. The van der Waals surface area contributed by atoms with Crippen LogP contribution in [0.15, 0.2) is 42.5 Å². The highest BCUT2D eigenvalue weighted by atomic mass is 32.2. The Bertz CT molecular complexity index is 1150. The van der Waals surface area contributed by atoms with Gasteiger partial charge in [-0.25, -0.2) is 4.39 Å². The molecule has 0 aromatic heterocycles. The number of fused-ring (bicyclic) bond motifs is 1. The number of carbonyl (C=O) groups is 3. The first-order valence-electron chi connectivity index (χ1n) is 13.0. The van der Waals surface area contributed by atoms with Crippen LogP contribution in [0.1, 0.15) is 56.1 Å². The number of carbonyl (C=O) groups excluding carboxylic acids is 3. The Hall–Kier alpha value is -3.07. The molecule has 9 heteroatoms. The number of hydrogen-bond donors (Lipinski definition) is 2. The van der Waals surface area contributed by atoms with E-state index in [0.29, 0.717) is 11.4 Å². The monoisotopic (exact) mass is 527 g/mol. The fraction of sp³-hybridized carbons (Fsp3) is 0.464. The molecule has 7 nitrogen and oxygen atoms in total. The van der Waals surface area contributed by atoms with Crippen molar-refractivity contribution in [3.63, 3.8) is 0 Å². The molecule has 0 radical (unpaired) electrons. The van der Waals surface area contributed by atoms with Gasteiger partial charge in [0.2, 0.25) is 17.7 Å². The van der Waals surface area contributed by atoms with Crippen molar-refractivity contribution in [2.24, 2.45) is 0 Å². The van der Waals surface area contributed by atoms with E-state index >= 15 is 0 Å². The van der Waals surface area contributed by atoms with Crippen LogP contribution in [0.2, 0.25) is 0 Å². The minimum Gasteiger partial charge on any atom is -0.352 e. The minimum absolute atomic E-state index is 0.118. The summed E-state index contributed by atoms with van der Waals surface area (Å²) in [6, 6.07) is 11.2. The van der Waals surface area contributed by atoms with Crippen LogP contribution in [0.3, 0.4) is 0 Å². The summed E-state index contributed by atoms with van der Waals surface area (Å²) in [6.45, 7) is -0.148. The summed E-state index contributed by atoms with van der Waals surface area (Å²) in [5.41, 5.74) is 3.31. The SMILES string of the molecule is O=C(CS(=O)CC(=O)N(CC(=O)NC1CCCCC1)c1cccc2c1CCCC2)Nc1ccc(F)cc1. The standard InChI is InChI=1S/C28H34FN3O4S/c29-21-13-15-23(16-14-21)31-27(34)18-37(36)19-28(35)32(17-26(33)30-22-9-2-1-3-10-22)25-12-6-8-20-7-4-5-11-24(20)25/h6,8,12-16,22H,1-5,7,9-11,17-19H2,(H,30,33)(H,31,34). The van der Waals surface area contributed by atoms with Crippen molar-refractivity contribution in [3.8, 4) is 0 Å². The Labute approximate surface area is 219 Å². The molecule has 1 unspecified atom stereocenters. The molecular weight excluding hydrogens is 493 g/mol. The van der Waals surface area contributed by atoms with Gasteiger partial charge >= 0.3 is 0 Å². The maximum atomic E-state index is 13.4. The third kappa shape index (κ3) is 7.71. The number of hydrogen-bond acceptors (Lipinski definition) is 4. The summed E-state index contributed by atoms with van der Waals surface area (Å²) in [4.78, 5) is 40.2. The van der Waals surface area contributed by atoms with Gasteiger partial charge in [0.25, 0.3) is 0 Å². The summed E-state index contributed by atoms with van der Waals surface area (Å²) in [5.74, 6) is -2.39. The van der Waals surface area contributed by atoms with Crippen LogP contribution in [0, 0.1) is 5.82 Å². The van der Waals surface area contributed by atoms with E-state index in [-0.39, 0.29) is 30.0 Å². The average molecular weight is 528 g/mol. The molecule has 2 aliphatic rings. The number of benzene rings is 2. The Kier molecular flexibility index (Phi) is 9.44. The molecule has 2 aromatic carbocycles. The highest BCUT2D eigenvalue weighted by Gasteiger charge is 2.27. The predicted octanol–water partition coefficient (Wildman–Crippen LogP) is 3.87. The van der Waals surface area contributed by atoms with Crippen LogP contribution in [-0.2, 0) is 38.0 Å². The Morgan fingerprint density at radius 2 is 1.62 bits per heavy atom. The Balaban J connectivity index is 1.44. The molecule has 0 spiro atoms. The molecule has 198 valence electrons. The first kappa shape index (κ1) is 27.0. The van der Waals surface area contributed by atoms with Gasteiger partial charge in [-0.3, -0.25) is 18.6 Å². The number of halogens is 1. The first-order valence-corrected chi connectivity index (χ1v) is 14.5. The van der Waals surface area contributed by atoms with Gasteiger partial charge in [-0.15, -0.1) is 0 Å². The molecule has 3 amide bonds. The van der Waals surface area contributed by atoms with Crippen molar-refractivity contribution in [2.45, 2.75) is 63.8 Å². The fourth-order valence-electron chi connectivity index (χ4n) is 5.13. The topological polar surface area (TPSA) is 95.6 Å². The summed E-state index contributed by atoms with van der Waals surface area (Å²) >= 11 is 0. The second-order valence-electron chi connectivity index (χ2n) is 9.79. The summed E-state index contributed by atoms with van der Waals surface area (Å²) in [5, 5.41) is 5.64. The van der Waals surface area contributed by atoms with E-state index in [1.165, 1.54) is 41.1 Å². The number of aryl methyl sites for hydroxylation is 1. The van der Waals surface area contributed by atoms with Crippen molar-refractivity contribution in [1.82, 2.24) is 5.32 Å². The second kappa shape index (κ2) is 12.9. The van der Waals surface area contributed by atoms with Crippen LogP contribution in [0.25, 0.3) is 0 Å². The zero-order valence-electron chi connectivity index (χ0n) is 21.0. The molecule has 0 heterocycles. The van der Waals surface area contributed by atoms with E-state index in [1.54, 1.807) is 0 Å². The zero-order chi connectivity index (χ0) is 26.2. The van der Waals surface area contributed by atoms with E-state index in [0.717, 1.165) is 56.9 Å². The molecular formula is C28H34FN3O4S. The van der Waals surface area contributed by atoms with Crippen LogP contribution in [0.5, 0.6) is 0 Å². The van der Waals surface area contributed by atoms with Crippen molar-refractivity contribution >= 4 is 39.9 Å². The lowest BCUT2D eigenvalue weighted by Crippen LogP contribution is -2.46. The van der Waals surface area contributed by atoms with Gasteiger partial charge in [0, 0.05) is 28.2 Å². The Morgan fingerprint density at radius 1 is 0.892 bits per heavy atom. The quantitative estimate of drug-likeness (QED) is 0.518. The number of amides is 3. The van der Waals surface area contributed by atoms with Gasteiger partial charge in [0.05, 0.1) is 0 Å². The van der Waals surface area contributed by atoms with Crippen LogP contribution in [0.4, 0.5) is 15.8 Å². The minimum atomic E-state index is -1.78. The number of nitrogens with zero attached hydrogens (tertiary/aromatic N) is 1. The largest absolute Gasteiger partial charge is 0.352 e. The van der Waals surface area contributed by atoms with Crippen LogP contribution < -0.4 is 15.5 Å². The van der Waals surface area contributed by atoms with Crippen molar-refractivity contribution in [3.05, 3.63) is 59.4 Å². The summed E-state index contributed by atoms with van der Waals surface area (Å²) < 4.78 is 25.9. The van der Waals surface area contributed by atoms with Crippen molar-refractivity contribution < 1.29 is 23.0 Å². The number of nitrogens with one attached hydrogen (secondary N) is 2. The lowest BCUT2D eigenvalue weighted by Gasteiger charge is -2.29. The van der Waals surface area contributed by atoms with Gasteiger partial charge in [-0.2, -0.15) is 0 Å². The van der Waals surface area contributed by atoms with Crippen LogP contribution in [-0.4, -0.2) is 46.0 Å². The van der Waals surface area contributed by atoms with Crippen molar-refractivity contribution in [2.75, 3.05) is 28.3 Å². The predicted molar refractivity (Wildman–Crippen MR) is 143 cm³/mol. The lowest BCUT2D eigenvalue weighted by molar-refractivity contribution is -0.123. The molecule has 1 atom stereocenters. The Morgan fingerprint density at radius 3 is 2.38 bits per heavy atom. The van der Waals surface area contributed by atoms with Crippen LogP contribution >= 0.6 is 0 Å². The van der Waals surface area contributed by atoms with E-state index < -0.39 is 28.4 Å². The smallest absolute Gasteiger partial charge is 0.240 e. The van der Waals surface area contributed by atoms with E-state index in [4.69, 9.17) is 0 Å². The van der Waals surface area contributed by atoms with Gasteiger partial charge in [-0.1, -0.05) is 31.4 Å². The molecule has 4 rings (SSSR count). The number of rotatable bonds is 9. The molecule has 0 bridgehead atoms. The van der Waals surface area contributed by atoms with Crippen molar-refractivity contribution in [1.29, 1.82) is 0 Å². The third-order valence-corrected chi connectivity index (χ3v) is 8.09. The van der Waals surface area contributed by atoms with Gasteiger partial charge in [-0.05, 0) is 80.0 Å². The number of anilines is 2. The fourth-order valence-corrected chi connectivity index (χ4v) is 6.03. The van der Waals surface area contributed by atoms with E-state index in [9.17, 15) is 23.0 Å².